The number of nitrogens with one attached hydrogen (secondary N) is 1. The predicted octanol–water partition coefficient (Wildman–Crippen LogP) is 0.396. The Kier molecular flexibility index (Phi) is 3.31. The number of benzene rings is 1. The minimum Gasteiger partial charge on any atom is -0.298 e. The minimum absolute atomic E-state index is 0.138. The van der Waals surface area contributed by atoms with Gasteiger partial charge in [-0.1, -0.05) is 36.0 Å². The van der Waals surface area contributed by atoms with Crippen LogP contribution in [0.15, 0.2) is 47.0 Å². The number of nitrogens with zero attached hydrogens (tertiary/aromatic N) is 3. The number of rotatable bonds is 2. The van der Waals surface area contributed by atoms with Crippen LogP contribution in [-0.2, 0) is 4.79 Å². The molecule has 1 atom stereocenters. The lowest BCUT2D eigenvalue weighted by Gasteiger charge is -2.32. The van der Waals surface area contributed by atoms with Crippen LogP contribution >= 0.6 is 11.8 Å². The van der Waals surface area contributed by atoms with Crippen molar-refractivity contribution in [2.24, 2.45) is 10.1 Å². The van der Waals surface area contributed by atoms with E-state index in [-0.39, 0.29) is 12.1 Å². The molecular formula is C14H14N4OS. The number of carbonyl (C=O) groups excluding carboxylic acids is 1. The maximum absolute atomic E-state index is 12.4. The SMILES string of the molecule is C=CCSC1=NN2C(=c3ccccc3=N[C@H]2C)C(=O)N1. The van der Waals surface area contributed by atoms with E-state index in [1.165, 1.54) is 11.8 Å². The lowest BCUT2D eigenvalue weighted by atomic mass is 10.2. The number of hydrazone groups is 1. The van der Waals surface area contributed by atoms with Crippen molar-refractivity contribution < 1.29 is 4.79 Å². The van der Waals surface area contributed by atoms with Gasteiger partial charge in [-0.15, -0.1) is 11.7 Å². The second-order valence-electron chi connectivity index (χ2n) is 4.43. The molecule has 0 bridgehead atoms. The van der Waals surface area contributed by atoms with E-state index in [4.69, 9.17) is 0 Å². The first kappa shape index (κ1) is 12.9. The number of carbonyl (C=O) groups is 1. The summed E-state index contributed by atoms with van der Waals surface area (Å²) in [5.41, 5.74) is 0.561. The first-order chi connectivity index (χ1) is 9.70. The third-order valence-electron chi connectivity index (χ3n) is 3.04. The van der Waals surface area contributed by atoms with Crippen molar-refractivity contribution in [2.75, 3.05) is 5.75 Å². The summed E-state index contributed by atoms with van der Waals surface area (Å²) in [6, 6.07) is 7.62. The number of hydrogen-bond acceptors (Lipinski definition) is 5. The molecule has 0 aliphatic carbocycles. The molecule has 1 amide bonds. The van der Waals surface area contributed by atoms with E-state index in [1.54, 1.807) is 11.1 Å². The number of amidine groups is 1. The maximum atomic E-state index is 12.4. The van der Waals surface area contributed by atoms with E-state index >= 15 is 0 Å². The Hall–Kier alpha value is -2.08. The van der Waals surface area contributed by atoms with Crippen LogP contribution in [0.2, 0.25) is 0 Å². The second kappa shape index (κ2) is 5.13. The van der Waals surface area contributed by atoms with Gasteiger partial charge >= 0.3 is 0 Å². The fraction of sp³-hybridized carbons (Fsp3) is 0.214. The van der Waals surface area contributed by atoms with Gasteiger partial charge in [-0.25, -0.2) is 5.01 Å². The molecule has 102 valence electrons. The quantitative estimate of drug-likeness (QED) is 0.801. The van der Waals surface area contributed by atoms with Crippen LogP contribution < -0.4 is 15.9 Å². The average molecular weight is 286 g/mol. The first-order valence-electron chi connectivity index (χ1n) is 6.31. The Bertz CT molecular complexity index is 725. The van der Waals surface area contributed by atoms with Crippen molar-refractivity contribution in [1.29, 1.82) is 0 Å². The number of hydrogen-bond donors (Lipinski definition) is 1. The fourth-order valence-electron chi connectivity index (χ4n) is 2.19. The van der Waals surface area contributed by atoms with Gasteiger partial charge in [0.15, 0.2) is 5.17 Å². The van der Waals surface area contributed by atoms with E-state index in [1.807, 2.05) is 31.2 Å². The summed E-state index contributed by atoms with van der Waals surface area (Å²) < 4.78 is 0. The summed E-state index contributed by atoms with van der Waals surface area (Å²) in [6.45, 7) is 5.59. The monoisotopic (exact) mass is 286 g/mol. The van der Waals surface area contributed by atoms with E-state index in [2.05, 4.69) is 22.0 Å². The number of amides is 1. The van der Waals surface area contributed by atoms with Crippen LogP contribution in [0.4, 0.5) is 0 Å². The van der Waals surface area contributed by atoms with Crippen LogP contribution in [-0.4, -0.2) is 28.0 Å². The van der Waals surface area contributed by atoms with Crippen LogP contribution in [0.3, 0.4) is 0 Å². The van der Waals surface area contributed by atoms with E-state index in [0.29, 0.717) is 16.6 Å². The van der Waals surface area contributed by atoms with Crippen LogP contribution in [0.5, 0.6) is 0 Å². The van der Waals surface area contributed by atoms with Crippen molar-refractivity contribution in [1.82, 2.24) is 10.3 Å². The van der Waals surface area contributed by atoms with Crippen molar-refractivity contribution in [3.05, 3.63) is 47.5 Å². The van der Waals surface area contributed by atoms with E-state index < -0.39 is 0 Å². The smallest absolute Gasteiger partial charge is 0.276 e. The molecule has 0 saturated carbocycles. The molecule has 2 aliphatic heterocycles. The molecular weight excluding hydrogens is 272 g/mol. The van der Waals surface area contributed by atoms with Gasteiger partial charge in [-0.2, -0.15) is 0 Å². The topological polar surface area (TPSA) is 57.1 Å². The minimum atomic E-state index is -0.190. The van der Waals surface area contributed by atoms with Crippen LogP contribution in [0.1, 0.15) is 6.92 Å². The van der Waals surface area contributed by atoms with Crippen molar-refractivity contribution >= 4 is 28.5 Å². The molecule has 0 fully saturated rings. The lowest BCUT2D eigenvalue weighted by Crippen LogP contribution is -2.51. The third kappa shape index (κ3) is 2.12. The zero-order chi connectivity index (χ0) is 14.1. The van der Waals surface area contributed by atoms with Gasteiger partial charge in [-0.3, -0.25) is 15.1 Å². The molecule has 0 radical (unpaired) electrons. The highest BCUT2D eigenvalue weighted by molar-refractivity contribution is 8.14. The maximum Gasteiger partial charge on any atom is 0.276 e. The summed E-state index contributed by atoms with van der Waals surface area (Å²) in [5, 5.41) is 11.2. The van der Waals surface area contributed by atoms with Gasteiger partial charge in [-0.05, 0) is 13.0 Å². The van der Waals surface area contributed by atoms with E-state index in [0.717, 1.165) is 10.6 Å². The Morgan fingerprint density at radius 1 is 1.50 bits per heavy atom. The second-order valence-corrected chi connectivity index (χ2v) is 5.44. The third-order valence-corrected chi connectivity index (χ3v) is 3.90. The molecule has 2 heterocycles. The van der Waals surface area contributed by atoms with Gasteiger partial charge in [0.2, 0.25) is 0 Å². The van der Waals surface area contributed by atoms with Gasteiger partial charge in [0.25, 0.3) is 5.91 Å². The summed E-state index contributed by atoms with van der Waals surface area (Å²) in [6.07, 6.45) is 1.59. The molecule has 5 nitrogen and oxygen atoms in total. The summed E-state index contributed by atoms with van der Waals surface area (Å²) >= 11 is 1.44. The largest absolute Gasteiger partial charge is 0.298 e. The molecule has 1 N–H and O–H groups in total. The highest BCUT2D eigenvalue weighted by atomic mass is 32.2. The Labute approximate surface area is 120 Å². The summed E-state index contributed by atoms with van der Waals surface area (Å²) in [7, 11) is 0. The number of thioether (sulfide) groups is 1. The molecule has 2 aliphatic rings. The van der Waals surface area contributed by atoms with Gasteiger partial charge < -0.3 is 0 Å². The highest BCUT2D eigenvalue weighted by Gasteiger charge is 2.31. The summed E-state index contributed by atoms with van der Waals surface area (Å²) in [4.78, 5) is 16.9. The van der Waals surface area contributed by atoms with Gasteiger partial charge in [0, 0.05) is 11.0 Å². The van der Waals surface area contributed by atoms with Crippen LogP contribution in [0.25, 0.3) is 5.70 Å². The molecule has 0 spiro atoms. The first-order valence-corrected chi connectivity index (χ1v) is 7.29. The molecule has 20 heavy (non-hydrogen) atoms. The van der Waals surface area contributed by atoms with Gasteiger partial charge in [0.1, 0.15) is 11.9 Å². The highest BCUT2D eigenvalue weighted by Crippen LogP contribution is 2.19. The number of fused-ring (bicyclic) bond motifs is 2. The Morgan fingerprint density at radius 3 is 3.10 bits per heavy atom. The molecule has 0 aromatic heterocycles. The molecule has 0 unspecified atom stereocenters. The molecule has 3 rings (SSSR count). The van der Waals surface area contributed by atoms with E-state index in [9.17, 15) is 4.79 Å². The zero-order valence-electron chi connectivity index (χ0n) is 11.0. The normalized spacial score (nSPS) is 20.4. The van der Waals surface area contributed by atoms with Crippen molar-refractivity contribution in [3.63, 3.8) is 0 Å². The van der Waals surface area contributed by atoms with Crippen molar-refractivity contribution in [3.8, 4) is 0 Å². The van der Waals surface area contributed by atoms with Crippen molar-refractivity contribution in [2.45, 2.75) is 13.1 Å². The summed E-state index contributed by atoms with van der Waals surface area (Å²) in [5.74, 6) is 0.561. The molecule has 0 saturated heterocycles. The molecule has 1 aromatic rings. The number of para-hydroxylation sites is 1. The Morgan fingerprint density at radius 2 is 2.30 bits per heavy atom. The standard InChI is InChI=1S/C14H14N4OS/c1-3-8-20-14-16-13(19)12-10-6-4-5-7-11(10)15-9(2)18(12)17-14/h3-7,9H,1,8H2,2H3,(H,16,17,19)/t9-/m1/s1. The van der Waals surface area contributed by atoms with Gasteiger partial charge in [0.05, 0.1) is 5.36 Å². The predicted molar refractivity (Wildman–Crippen MR) is 80.2 cm³/mol. The Balaban J connectivity index is 2.13. The molecule has 1 aromatic carbocycles. The zero-order valence-corrected chi connectivity index (χ0v) is 11.9. The lowest BCUT2D eigenvalue weighted by molar-refractivity contribution is -0.116. The molecule has 6 heteroatoms. The fourth-order valence-corrected chi connectivity index (χ4v) is 2.78. The van der Waals surface area contributed by atoms with Crippen LogP contribution in [0, 0.1) is 0 Å². The average Bonchev–Trinajstić information content (AvgIpc) is 2.45.